The molecule has 1 aliphatic rings. The molecule has 0 atom stereocenters. The maximum Gasteiger partial charge on any atom is 0.243 e. The first-order chi connectivity index (χ1) is 14.1. The van der Waals surface area contributed by atoms with Crippen LogP contribution in [0.25, 0.3) is 0 Å². The number of guanidine groups is 1. The van der Waals surface area contributed by atoms with Crippen LogP contribution in [0.2, 0.25) is 0 Å². The molecule has 2 N–H and O–H groups in total. The van der Waals surface area contributed by atoms with Crippen LogP contribution in [0, 0.1) is 0 Å². The lowest BCUT2D eigenvalue weighted by Gasteiger charge is -2.33. The van der Waals surface area contributed by atoms with E-state index in [4.69, 9.17) is 4.74 Å². The van der Waals surface area contributed by atoms with E-state index < -0.39 is 0 Å². The van der Waals surface area contributed by atoms with Gasteiger partial charge in [0.1, 0.15) is 6.54 Å². The summed E-state index contributed by atoms with van der Waals surface area (Å²) in [5, 5.41) is 6.92. The number of amides is 1. The topological polar surface area (TPSA) is 69.2 Å². The zero-order valence-electron chi connectivity index (χ0n) is 17.9. The second-order valence-electron chi connectivity index (χ2n) is 7.29. The average Bonchev–Trinajstić information content (AvgIpc) is 2.74. The lowest BCUT2D eigenvalue weighted by molar-refractivity contribution is -0.127. The summed E-state index contributed by atoms with van der Waals surface area (Å²) in [6.07, 6.45) is 2.12. The third-order valence-electron chi connectivity index (χ3n) is 4.82. The molecule has 1 amide bonds. The van der Waals surface area contributed by atoms with Crippen LogP contribution in [0.15, 0.2) is 40.2 Å². The minimum absolute atomic E-state index is 0.000791. The molecule has 2 rings (SSSR count). The normalized spacial score (nSPS) is 15.9. The molecule has 1 saturated heterocycles. The highest BCUT2D eigenvalue weighted by atomic mass is 32.2. The molecular formula is C21H35N5O2S. The van der Waals surface area contributed by atoms with Crippen LogP contribution < -0.4 is 10.6 Å². The first-order valence-electron chi connectivity index (χ1n) is 10.2. The van der Waals surface area contributed by atoms with E-state index >= 15 is 0 Å². The van der Waals surface area contributed by atoms with E-state index in [0.717, 1.165) is 57.3 Å². The molecule has 1 aromatic rings. The molecule has 1 aromatic carbocycles. The lowest BCUT2D eigenvalue weighted by Crippen LogP contribution is -2.49. The van der Waals surface area contributed by atoms with Gasteiger partial charge in [0.15, 0.2) is 5.96 Å². The summed E-state index contributed by atoms with van der Waals surface area (Å²) in [6, 6.07) is 10.7. The molecule has 0 saturated carbocycles. The van der Waals surface area contributed by atoms with E-state index in [0.29, 0.717) is 6.04 Å². The maximum atomic E-state index is 11.9. The van der Waals surface area contributed by atoms with Gasteiger partial charge in [-0.25, -0.2) is 4.99 Å². The van der Waals surface area contributed by atoms with Crippen molar-refractivity contribution in [3.8, 4) is 0 Å². The number of carbonyl (C=O) groups is 1. The quantitative estimate of drug-likeness (QED) is 0.258. The van der Waals surface area contributed by atoms with Crippen molar-refractivity contribution in [1.82, 2.24) is 20.4 Å². The summed E-state index contributed by atoms with van der Waals surface area (Å²) in [5.74, 6) is 1.66. The number of hydrogen-bond donors (Lipinski definition) is 2. The molecular weight excluding hydrogens is 386 g/mol. The number of aliphatic imine (C=N–C) groups is 1. The molecule has 29 heavy (non-hydrogen) atoms. The number of likely N-dealkylation sites (N-methyl/N-ethyl adjacent to an activating group) is 1. The first-order valence-corrected chi connectivity index (χ1v) is 11.2. The highest BCUT2D eigenvalue weighted by molar-refractivity contribution is 7.99. The van der Waals surface area contributed by atoms with Crippen molar-refractivity contribution >= 4 is 23.6 Å². The van der Waals surface area contributed by atoms with Crippen molar-refractivity contribution in [2.24, 2.45) is 4.99 Å². The largest absolute Gasteiger partial charge is 0.383 e. The lowest BCUT2D eigenvalue weighted by atomic mass is 10.1. The number of rotatable bonds is 10. The van der Waals surface area contributed by atoms with Gasteiger partial charge in [-0.15, -0.1) is 11.8 Å². The molecule has 0 aliphatic carbocycles. The van der Waals surface area contributed by atoms with E-state index in [2.05, 4.69) is 44.8 Å². The number of piperidine rings is 1. The van der Waals surface area contributed by atoms with Gasteiger partial charge in [0.2, 0.25) is 5.91 Å². The van der Waals surface area contributed by atoms with Crippen LogP contribution in [0.3, 0.4) is 0 Å². The molecule has 0 spiro atoms. The number of ether oxygens (including phenoxy) is 1. The molecule has 7 nitrogen and oxygen atoms in total. The van der Waals surface area contributed by atoms with Gasteiger partial charge in [-0.05, 0) is 25.0 Å². The average molecular weight is 422 g/mol. The smallest absolute Gasteiger partial charge is 0.243 e. The monoisotopic (exact) mass is 421 g/mol. The zero-order chi connectivity index (χ0) is 20.9. The molecule has 1 heterocycles. The molecule has 0 aromatic heterocycles. The first kappa shape index (κ1) is 23.5. The number of likely N-dealkylation sites (tertiary alicyclic amines) is 1. The Kier molecular flexibility index (Phi) is 10.9. The summed E-state index contributed by atoms with van der Waals surface area (Å²) in [6.45, 7) is 4.80. The third kappa shape index (κ3) is 9.51. The molecule has 0 unspecified atom stereocenters. The number of thioether (sulfide) groups is 1. The Labute approximate surface area is 179 Å². The van der Waals surface area contributed by atoms with E-state index in [9.17, 15) is 4.79 Å². The van der Waals surface area contributed by atoms with Crippen LogP contribution in [0.5, 0.6) is 0 Å². The second-order valence-corrected chi connectivity index (χ2v) is 8.46. The fraction of sp³-hybridized carbons (Fsp3) is 0.619. The van der Waals surface area contributed by atoms with Crippen LogP contribution in [-0.2, 0) is 9.53 Å². The molecule has 1 aliphatic heterocycles. The van der Waals surface area contributed by atoms with Crippen molar-refractivity contribution in [2.75, 3.05) is 66.3 Å². The van der Waals surface area contributed by atoms with Gasteiger partial charge in [0.25, 0.3) is 0 Å². The Balaban J connectivity index is 1.81. The number of nitrogens with zero attached hydrogens (tertiary/aromatic N) is 3. The highest BCUT2D eigenvalue weighted by Gasteiger charge is 2.19. The molecule has 1 fully saturated rings. The minimum Gasteiger partial charge on any atom is -0.383 e. The molecule has 162 valence electrons. The Hall–Kier alpha value is -1.77. The standard InChI is InChI=1S/C21H35N5O2S/c1-25(2)20(27)17-23-21(22-11-16-29-19-7-5-4-6-8-19)24-18-9-12-26(13-10-18)14-15-28-3/h4-8,18H,9-17H2,1-3H3,(H2,22,23,24). The predicted octanol–water partition coefficient (Wildman–Crippen LogP) is 1.51. The number of hydrogen-bond acceptors (Lipinski definition) is 5. The summed E-state index contributed by atoms with van der Waals surface area (Å²) < 4.78 is 5.17. The van der Waals surface area contributed by atoms with Gasteiger partial charge in [-0.2, -0.15) is 0 Å². The summed E-state index contributed by atoms with van der Waals surface area (Å²) in [5.41, 5.74) is 0. The summed E-state index contributed by atoms with van der Waals surface area (Å²) in [7, 11) is 5.25. The molecule has 0 radical (unpaired) electrons. The summed E-state index contributed by atoms with van der Waals surface area (Å²) >= 11 is 1.81. The van der Waals surface area contributed by atoms with Crippen LogP contribution in [0.4, 0.5) is 0 Å². The molecule has 8 heteroatoms. The second kappa shape index (κ2) is 13.5. The minimum atomic E-state index is -0.000791. The van der Waals surface area contributed by atoms with Crippen LogP contribution >= 0.6 is 11.8 Å². The van der Waals surface area contributed by atoms with Gasteiger partial charge in [0.05, 0.1) is 6.61 Å². The van der Waals surface area contributed by atoms with Crippen LogP contribution in [0.1, 0.15) is 12.8 Å². The van der Waals surface area contributed by atoms with Gasteiger partial charge in [-0.1, -0.05) is 18.2 Å². The SMILES string of the molecule is COCCN1CCC(NC(=NCC(=O)N(C)C)NCCSc2ccccc2)CC1. The van der Waals surface area contributed by atoms with Crippen molar-refractivity contribution in [1.29, 1.82) is 0 Å². The fourth-order valence-corrected chi connectivity index (χ4v) is 3.80. The Morgan fingerprint density at radius 3 is 2.66 bits per heavy atom. The Bertz CT molecular complexity index is 619. The van der Waals surface area contributed by atoms with E-state index in [1.807, 2.05) is 6.07 Å². The van der Waals surface area contributed by atoms with Crippen molar-refractivity contribution in [2.45, 2.75) is 23.8 Å². The van der Waals surface area contributed by atoms with E-state index in [1.165, 1.54) is 4.90 Å². The Morgan fingerprint density at radius 1 is 1.28 bits per heavy atom. The van der Waals surface area contributed by atoms with Crippen molar-refractivity contribution < 1.29 is 9.53 Å². The third-order valence-corrected chi connectivity index (χ3v) is 5.83. The van der Waals surface area contributed by atoms with Gasteiger partial charge >= 0.3 is 0 Å². The number of benzene rings is 1. The zero-order valence-corrected chi connectivity index (χ0v) is 18.7. The maximum absolute atomic E-state index is 11.9. The predicted molar refractivity (Wildman–Crippen MR) is 121 cm³/mol. The van der Waals surface area contributed by atoms with E-state index in [-0.39, 0.29) is 12.5 Å². The van der Waals surface area contributed by atoms with Crippen molar-refractivity contribution in [3.63, 3.8) is 0 Å². The number of nitrogens with one attached hydrogen (secondary N) is 2. The highest BCUT2D eigenvalue weighted by Crippen LogP contribution is 2.15. The van der Waals surface area contributed by atoms with Gasteiger partial charge in [-0.3, -0.25) is 4.79 Å². The van der Waals surface area contributed by atoms with Gasteiger partial charge < -0.3 is 25.2 Å². The molecule has 0 bridgehead atoms. The Morgan fingerprint density at radius 2 is 2.00 bits per heavy atom. The number of methoxy groups -OCH3 is 1. The summed E-state index contributed by atoms with van der Waals surface area (Å²) in [4.78, 5) is 21.7. The number of carbonyl (C=O) groups excluding carboxylic acids is 1. The van der Waals surface area contributed by atoms with E-state index in [1.54, 1.807) is 37.9 Å². The van der Waals surface area contributed by atoms with Crippen LogP contribution in [-0.4, -0.2) is 94.0 Å². The van der Waals surface area contributed by atoms with Gasteiger partial charge in [0, 0.05) is 64.1 Å². The fourth-order valence-electron chi connectivity index (χ4n) is 3.01. The van der Waals surface area contributed by atoms with Crippen molar-refractivity contribution in [3.05, 3.63) is 30.3 Å².